The highest BCUT2D eigenvalue weighted by Gasteiger charge is 2.54. The molecule has 8 rings (SSSR count). The SMILES string of the molecule is COC(=O)NC(C)(C)C(=O)N1C2CCC(C2)C1c1ncc(-c2ccc(-c3ccc(-c4cnc(C5C6CCC(C6)N5C(=O)C(C)(C)NC(=O)OC)[nH]4)cc3)cc2)[nH]1. The van der Waals surface area contributed by atoms with Crippen LogP contribution in [0.5, 0.6) is 0 Å². The predicted molar refractivity (Wildman–Crippen MR) is 208 cm³/mol. The number of nitrogens with one attached hydrogen (secondary N) is 4. The van der Waals surface area contributed by atoms with Crippen molar-refractivity contribution in [1.82, 2.24) is 40.4 Å². The Hall–Kier alpha value is -5.66. The fourth-order valence-electron chi connectivity index (χ4n) is 9.58. The Kier molecular flexibility index (Phi) is 9.40. The van der Waals surface area contributed by atoms with Crippen LogP contribution in [0.4, 0.5) is 9.59 Å². The Morgan fingerprint density at radius 1 is 0.607 bits per heavy atom. The van der Waals surface area contributed by atoms with Crippen LogP contribution in [0.1, 0.15) is 90.0 Å². The van der Waals surface area contributed by atoms with Crippen LogP contribution in [-0.2, 0) is 19.1 Å². The van der Waals surface area contributed by atoms with Gasteiger partial charge in [0.05, 0.1) is 50.1 Å². The van der Waals surface area contributed by atoms with Gasteiger partial charge in [-0.25, -0.2) is 19.6 Å². The van der Waals surface area contributed by atoms with Gasteiger partial charge in [-0.3, -0.25) is 9.59 Å². The fourth-order valence-corrected chi connectivity index (χ4v) is 9.58. The minimum Gasteiger partial charge on any atom is -0.453 e. The number of hydrogen-bond acceptors (Lipinski definition) is 8. The molecule has 6 atom stereocenters. The molecular formula is C42H50N8O6. The van der Waals surface area contributed by atoms with Crippen molar-refractivity contribution in [3.63, 3.8) is 0 Å². The Morgan fingerprint density at radius 3 is 1.32 bits per heavy atom. The van der Waals surface area contributed by atoms with Crippen molar-refractivity contribution >= 4 is 24.0 Å². The summed E-state index contributed by atoms with van der Waals surface area (Å²) in [5.41, 5.74) is 3.61. The minimum atomic E-state index is -1.12. The average Bonchev–Trinajstić information content (AvgIpc) is 4.06. The number of aromatic nitrogens is 4. The number of aromatic amines is 2. The van der Waals surface area contributed by atoms with Crippen LogP contribution in [0.2, 0.25) is 0 Å². The summed E-state index contributed by atoms with van der Waals surface area (Å²) in [7, 11) is 2.58. The number of hydrogen-bond donors (Lipinski definition) is 4. The Labute approximate surface area is 326 Å². The lowest BCUT2D eigenvalue weighted by molar-refractivity contribution is -0.142. The van der Waals surface area contributed by atoms with E-state index < -0.39 is 23.3 Å². The quantitative estimate of drug-likeness (QED) is 0.149. The lowest BCUT2D eigenvalue weighted by atomic mass is 9.95. The molecule has 56 heavy (non-hydrogen) atoms. The maximum Gasteiger partial charge on any atom is 0.407 e. The van der Waals surface area contributed by atoms with E-state index in [9.17, 15) is 19.2 Å². The van der Waals surface area contributed by atoms with E-state index in [1.54, 1.807) is 27.7 Å². The number of benzene rings is 2. The number of likely N-dealkylation sites (tertiary alicyclic amines) is 2. The summed E-state index contributed by atoms with van der Waals surface area (Å²) < 4.78 is 9.54. The first-order valence-corrected chi connectivity index (χ1v) is 19.5. The van der Waals surface area contributed by atoms with Crippen molar-refractivity contribution in [3.8, 4) is 33.6 Å². The lowest BCUT2D eigenvalue weighted by Crippen LogP contribution is -2.58. The van der Waals surface area contributed by atoms with Gasteiger partial charge in [-0.2, -0.15) is 0 Å². The number of H-pyrrole nitrogens is 2. The molecule has 4 bridgehead atoms. The van der Waals surface area contributed by atoms with E-state index in [2.05, 4.69) is 69.1 Å². The molecule has 4 N–H and O–H groups in total. The topological polar surface area (TPSA) is 175 Å². The smallest absolute Gasteiger partial charge is 0.407 e. The molecule has 2 aliphatic carbocycles. The number of carbonyl (C=O) groups is 4. The van der Waals surface area contributed by atoms with Gasteiger partial charge in [-0.05, 0) is 100 Å². The Morgan fingerprint density at radius 2 is 0.964 bits per heavy atom. The van der Waals surface area contributed by atoms with Crippen LogP contribution in [0, 0.1) is 11.8 Å². The Balaban J connectivity index is 0.951. The second kappa shape index (κ2) is 14.1. The summed E-state index contributed by atoms with van der Waals surface area (Å²) in [6.07, 6.45) is 8.19. The molecule has 2 aromatic carbocycles. The lowest BCUT2D eigenvalue weighted by Gasteiger charge is -2.39. The Bertz CT molecular complexity index is 1990. The second-order valence-electron chi connectivity index (χ2n) is 16.8. The molecule has 14 heteroatoms. The van der Waals surface area contributed by atoms with Crippen molar-refractivity contribution in [2.75, 3.05) is 14.2 Å². The van der Waals surface area contributed by atoms with Gasteiger partial charge >= 0.3 is 12.2 Å². The summed E-state index contributed by atoms with van der Waals surface area (Å²) in [4.78, 5) is 72.0. The zero-order valence-electron chi connectivity index (χ0n) is 32.7. The van der Waals surface area contributed by atoms with Crippen LogP contribution in [0.3, 0.4) is 0 Å². The number of nitrogens with zero attached hydrogens (tertiary/aromatic N) is 4. The van der Waals surface area contributed by atoms with Crippen molar-refractivity contribution in [1.29, 1.82) is 0 Å². The largest absolute Gasteiger partial charge is 0.453 e. The van der Waals surface area contributed by atoms with Gasteiger partial charge in [0.1, 0.15) is 22.7 Å². The van der Waals surface area contributed by atoms with Crippen LogP contribution in [-0.4, -0.2) is 91.1 Å². The third-order valence-electron chi connectivity index (χ3n) is 12.4. The summed E-state index contributed by atoms with van der Waals surface area (Å²) in [6, 6.07) is 16.5. The molecule has 14 nitrogen and oxygen atoms in total. The maximum absolute atomic E-state index is 13.8. The number of carbonyl (C=O) groups excluding carboxylic acids is 4. The van der Waals surface area contributed by atoms with E-state index in [4.69, 9.17) is 19.4 Å². The number of piperidine rings is 2. The summed E-state index contributed by atoms with van der Waals surface area (Å²) in [5.74, 6) is 1.85. The second-order valence-corrected chi connectivity index (χ2v) is 16.8. The normalized spacial score (nSPS) is 24.0. The molecule has 0 spiro atoms. The van der Waals surface area contributed by atoms with E-state index >= 15 is 0 Å². The van der Waals surface area contributed by atoms with Crippen molar-refractivity contribution in [3.05, 3.63) is 72.6 Å². The number of amides is 4. The van der Waals surface area contributed by atoms with Gasteiger partial charge in [-0.1, -0.05) is 48.5 Å². The van der Waals surface area contributed by atoms with E-state index in [-0.39, 0.29) is 36.0 Å². The number of fused-ring (bicyclic) bond motifs is 4. The molecule has 6 unspecified atom stereocenters. The highest BCUT2D eigenvalue weighted by atomic mass is 16.5. The highest BCUT2D eigenvalue weighted by molar-refractivity contribution is 5.91. The van der Waals surface area contributed by atoms with Gasteiger partial charge in [-0.15, -0.1) is 0 Å². The fraction of sp³-hybridized carbons (Fsp3) is 0.476. The zero-order valence-corrected chi connectivity index (χ0v) is 32.7. The summed E-state index contributed by atoms with van der Waals surface area (Å²) in [6.45, 7) is 6.83. The van der Waals surface area contributed by atoms with E-state index in [0.717, 1.165) is 83.8 Å². The van der Waals surface area contributed by atoms with Crippen LogP contribution >= 0.6 is 0 Å². The van der Waals surface area contributed by atoms with Crippen molar-refractivity contribution in [2.45, 2.75) is 101 Å². The molecule has 0 radical (unpaired) electrons. The first-order valence-electron chi connectivity index (χ1n) is 19.5. The molecule has 4 aromatic rings. The van der Waals surface area contributed by atoms with Crippen LogP contribution < -0.4 is 10.6 Å². The molecule has 4 fully saturated rings. The third kappa shape index (κ3) is 6.58. The standard InChI is InChI=1S/C42H50N8O6/c1-41(2,47-39(53)55-5)37(51)49-29-17-15-27(19-29)33(49)35-43-21-31(45-35)25-11-7-23(8-12-25)24-9-13-26(14-10-24)32-22-44-36(46-32)34-28-16-18-30(20-28)50(34)38(52)42(3,4)48-40(54)56-6/h7-14,21-22,27-30,33-34H,15-20H2,1-6H3,(H,43,45)(H,44,46)(H,47,53)(H,48,54). The number of imidazole rings is 2. The van der Waals surface area contributed by atoms with E-state index in [1.165, 1.54) is 14.2 Å². The van der Waals surface area contributed by atoms with E-state index in [1.807, 2.05) is 22.2 Å². The molecule has 2 aromatic heterocycles. The molecule has 294 valence electrons. The van der Waals surface area contributed by atoms with Gasteiger partial charge in [0.15, 0.2) is 0 Å². The van der Waals surface area contributed by atoms with Crippen molar-refractivity contribution in [2.24, 2.45) is 11.8 Å². The predicted octanol–water partition coefficient (Wildman–Crippen LogP) is 6.51. The summed E-state index contributed by atoms with van der Waals surface area (Å²) in [5, 5.41) is 5.39. The van der Waals surface area contributed by atoms with Gasteiger partial charge in [0.25, 0.3) is 0 Å². The average molecular weight is 763 g/mol. The number of ether oxygens (including phenoxy) is 2. The first-order chi connectivity index (χ1) is 26.8. The van der Waals surface area contributed by atoms with Crippen molar-refractivity contribution < 1.29 is 28.7 Å². The van der Waals surface area contributed by atoms with Crippen LogP contribution in [0.25, 0.3) is 33.6 Å². The number of methoxy groups -OCH3 is 2. The molecule has 2 saturated carbocycles. The van der Waals surface area contributed by atoms with Gasteiger partial charge < -0.3 is 39.9 Å². The molecule has 4 amide bonds. The summed E-state index contributed by atoms with van der Waals surface area (Å²) >= 11 is 0. The zero-order chi connectivity index (χ0) is 39.5. The minimum absolute atomic E-state index is 0.116. The number of alkyl carbamates (subject to hydrolysis) is 2. The monoisotopic (exact) mass is 762 g/mol. The molecular weight excluding hydrogens is 713 g/mol. The molecule has 2 saturated heterocycles. The highest BCUT2D eigenvalue weighted by Crippen LogP contribution is 2.52. The number of rotatable bonds is 9. The maximum atomic E-state index is 13.8. The van der Waals surface area contributed by atoms with Crippen LogP contribution in [0.15, 0.2) is 60.9 Å². The van der Waals surface area contributed by atoms with E-state index in [0.29, 0.717) is 11.8 Å². The third-order valence-corrected chi connectivity index (χ3v) is 12.4. The molecule has 4 aliphatic rings. The first kappa shape index (κ1) is 37.3. The molecule has 4 heterocycles. The van der Waals surface area contributed by atoms with Gasteiger partial charge in [0, 0.05) is 12.1 Å². The van der Waals surface area contributed by atoms with Gasteiger partial charge in [0.2, 0.25) is 11.8 Å². The molecule has 2 aliphatic heterocycles.